The molecule has 184 valence electrons. The van der Waals surface area contributed by atoms with Gasteiger partial charge in [0.05, 0.1) is 23.3 Å². The SMILES string of the molecule is Cc1nn(Cc2ccc(C(=O)N(C)C)cc2)c(C)c1-c1c(C(N)=O)nc2cc(F)ccc2c1C(N)=O. The number of benzene rings is 2. The van der Waals surface area contributed by atoms with Crippen LogP contribution >= 0.6 is 0 Å². The van der Waals surface area contributed by atoms with Crippen molar-refractivity contribution in [2.24, 2.45) is 11.5 Å². The van der Waals surface area contributed by atoms with E-state index in [0.717, 1.165) is 11.6 Å². The zero-order chi connectivity index (χ0) is 26.3. The van der Waals surface area contributed by atoms with Gasteiger partial charge in [-0.2, -0.15) is 5.10 Å². The summed E-state index contributed by atoms with van der Waals surface area (Å²) in [4.78, 5) is 43.0. The molecule has 36 heavy (non-hydrogen) atoms. The number of primary amides is 2. The summed E-state index contributed by atoms with van der Waals surface area (Å²) in [5.41, 5.74) is 14.6. The normalized spacial score (nSPS) is 11.0. The third-order valence-electron chi connectivity index (χ3n) is 6.00. The zero-order valence-electron chi connectivity index (χ0n) is 20.3. The first-order chi connectivity index (χ1) is 17.0. The summed E-state index contributed by atoms with van der Waals surface area (Å²) in [6.45, 7) is 3.90. The number of pyridine rings is 1. The average Bonchev–Trinajstić information content (AvgIpc) is 3.09. The maximum Gasteiger partial charge on any atom is 0.267 e. The number of hydrogen-bond acceptors (Lipinski definition) is 5. The van der Waals surface area contributed by atoms with Crippen molar-refractivity contribution in [3.05, 3.63) is 82.1 Å². The van der Waals surface area contributed by atoms with Gasteiger partial charge in [0.1, 0.15) is 11.5 Å². The Hall–Kier alpha value is -4.60. The molecular weight excluding hydrogens is 463 g/mol. The molecule has 4 aromatic rings. The largest absolute Gasteiger partial charge is 0.366 e. The number of carbonyl (C=O) groups excluding carboxylic acids is 3. The molecule has 0 aliphatic rings. The number of rotatable bonds is 6. The lowest BCUT2D eigenvalue weighted by atomic mass is 9.92. The van der Waals surface area contributed by atoms with Crippen LogP contribution < -0.4 is 11.5 Å². The number of halogens is 1. The topological polar surface area (TPSA) is 137 Å². The molecule has 4 rings (SSSR count). The Morgan fingerprint density at radius 1 is 0.972 bits per heavy atom. The Morgan fingerprint density at radius 2 is 1.64 bits per heavy atom. The third-order valence-corrected chi connectivity index (χ3v) is 6.00. The Labute approximate surface area is 206 Å². The van der Waals surface area contributed by atoms with Gasteiger partial charge in [0, 0.05) is 47.9 Å². The smallest absolute Gasteiger partial charge is 0.267 e. The molecule has 0 bridgehead atoms. The number of aryl methyl sites for hydroxylation is 1. The highest BCUT2D eigenvalue weighted by Crippen LogP contribution is 2.36. The molecule has 0 saturated carbocycles. The van der Waals surface area contributed by atoms with Crippen LogP contribution in [0.2, 0.25) is 0 Å². The Morgan fingerprint density at radius 3 is 2.22 bits per heavy atom. The zero-order valence-corrected chi connectivity index (χ0v) is 20.3. The predicted octanol–water partition coefficient (Wildman–Crippen LogP) is 2.80. The number of fused-ring (bicyclic) bond motifs is 1. The quantitative estimate of drug-likeness (QED) is 0.430. The Bertz CT molecular complexity index is 1540. The molecule has 2 aromatic carbocycles. The van der Waals surface area contributed by atoms with Gasteiger partial charge in [-0.15, -0.1) is 0 Å². The van der Waals surface area contributed by atoms with E-state index >= 15 is 0 Å². The van der Waals surface area contributed by atoms with E-state index in [-0.39, 0.29) is 28.2 Å². The summed E-state index contributed by atoms with van der Waals surface area (Å²) in [5.74, 6) is -2.37. The van der Waals surface area contributed by atoms with Crippen LogP contribution in [-0.2, 0) is 6.54 Å². The Balaban J connectivity index is 1.87. The van der Waals surface area contributed by atoms with Crippen molar-refractivity contribution in [2.45, 2.75) is 20.4 Å². The third kappa shape index (κ3) is 4.28. The molecule has 10 heteroatoms. The van der Waals surface area contributed by atoms with Crippen LogP contribution in [0.15, 0.2) is 42.5 Å². The lowest BCUT2D eigenvalue weighted by molar-refractivity contribution is 0.0827. The summed E-state index contributed by atoms with van der Waals surface area (Å²) in [5, 5.41) is 4.91. The van der Waals surface area contributed by atoms with Crippen molar-refractivity contribution in [1.29, 1.82) is 0 Å². The molecular formula is C26H25FN6O3. The monoisotopic (exact) mass is 488 g/mol. The number of nitrogens with two attached hydrogens (primary N) is 2. The highest BCUT2D eigenvalue weighted by atomic mass is 19.1. The standard InChI is InChI=1S/C26H25FN6O3/c1-13-20(14(2)33(31-13)12-15-5-7-16(8-6-15)26(36)32(3)4)22-21(24(28)34)18-10-9-17(27)11-19(18)30-23(22)25(29)35/h5-11H,12H2,1-4H3,(H2,28,34)(H2,29,35). The molecule has 0 aliphatic carbocycles. The van der Waals surface area contributed by atoms with Gasteiger partial charge in [0.25, 0.3) is 11.8 Å². The number of aromatic nitrogens is 3. The van der Waals surface area contributed by atoms with Gasteiger partial charge in [0.2, 0.25) is 5.91 Å². The van der Waals surface area contributed by atoms with Crippen molar-refractivity contribution >= 4 is 28.6 Å². The van der Waals surface area contributed by atoms with E-state index in [2.05, 4.69) is 10.1 Å². The maximum atomic E-state index is 13.9. The van der Waals surface area contributed by atoms with Crippen LogP contribution in [0.3, 0.4) is 0 Å². The molecule has 4 N–H and O–H groups in total. The maximum absolute atomic E-state index is 13.9. The molecule has 0 unspecified atom stereocenters. The summed E-state index contributed by atoms with van der Waals surface area (Å²) in [6.07, 6.45) is 0. The summed E-state index contributed by atoms with van der Waals surface area (Å²) in [6, 6.07) is 10.9. The van der Waals surface area contributed by atoms with Crippen LogP contribution in [-0.4, -0.2) is 51.5 Å². The van der Waals surface area contributed by atoms with Crippen LogP contribution in [0.5, 0.6) is 0 Å². The van der Waals surface area contributed by atoms with Gasteiger partial charge < -0.3 is 16.4 Å². The molecule has 0 atom stereocenters. The van der Waals surface area contributed by atoms with Crippen molar-refractivity contribution in [3.8, 4) is 11.1 Å². The van der Waals surface area contributed by atoms with Crippen molar-refractivity contribution in [1.82, 2.24) is 19.7 Å². The number of hydrogen-bond donors (Lipinski definition) is 2. The second-order valence-electron chi connectivity index (χ2n) is 8.70. The number of carbonyl (C=O) groups is 3. The van der Waals surface area contributed by atoms with Crippen LogP contribution in [0.4, 0.5) is 4.39 Å². The fourth-order valence-electron chi connectivity index (χ4n) is 4.31. The van der Waals surface area contributed by atoms with Gasteiger partial charge in [-0.3, -0.25) is 19.1 Å². The van der Waals surface area contributed by atoms with Crippen molar-refractivity contribution in [2.75, 3.05) is 14.1 Å². The summed E-state index contributed by atoms with van der Waals surface area (Å²) >= 11 is 0. The van der Waals surface area contributed by atoms with E-state index in [0.29, 0.717) is 34.4 Å². The molecule has 3 amide bonds. The lowest BCUT2D eigenvalue weighted by Gasteiger charge is -2.15. The molecule has 0 aliphatic heterocycles. The minimum Gasteiger partial charge on any atom is -0.366 e. The summed E-state index contributed by atoms with van der Waals surface area (Å²) in [7, 11) is 3.37. The van der Waals surface area contributed by atoms with Gasteiger partial charge in [-0.25, -0.2) is 9.37 Å². The highest BCUT2D eigenvalue weighted by molar-refractivity contribution is 6.15. The van der Waals surface area contributed by atoms with Crippen molar-refractivity contribution in [3.63, 3.8) is 0 Å². The first-order valence-corrected chi connectivity index (χ1v) is 11.1. The number of amides is 3. The van der Waals surface area contributed by atoms with E-state index in [1.807, 2.05) is 12.1 Å². The molecule has 0 saturated heterocycles. The van der Waals surface area contributed by atoms with E-state index in [9.17, 15) is 18.8 Å². The van der Waals surface area contributed by atoms with E-state index < -0.39 is 17.6 Å². The second-order valence-corrected chi connectivity index (χ2v) is 8.70. The van der Waals surface area contributed by atoms with Gasteiger partial charge in [0.15, 0.2) is 0 Å². The van der Waals surface area contributed by atoms with E-state index in [1.165, 1.54) is 17.0 Å². The molecule has 2 heterocycles. The van der Waals surface area contributed by atoms with E-state index in [4.69, 9.17) is 11.5 Å². The molecule has 9 nitrogen and oxygen atoms in total. The molecule has 0 fully saturated rings. The minimum absolute atomic E-state index is 0.0195. The van der Waals surface area contributed by atoms with E-state index in [1.54, 1.807) is 44.8 Å². The fraction of sp³-hybridized carbons (Fsp3) is 0.192. The first kappa shape index (κ1) is 24.5. The first-order valence-electron chi connectivity index (χ1n) is 11.1. The summed E-state index contributed by atoms with van der Waals surface area (Å²) < 4.78 is 15.6. The van der Waals surface area contributed by atoms with Crippen LogP contribution in [0.25, 0.3) is 22.0 Å². The predicted molar refractivity (Wildman–Crippen MR) is 133 cm³/mol. The Kier molecular flexibility index (Phi) is 6.28. The molecule has 0 radical (unpaired) electrons. The fourth-order valence-corrected chi connectivity index (χ4v) is 4.31. The van der Waals surface area contributed by atoms with Crippen molar-refractivity contribution < 1.29 is 18.8 Å². The van der Waals surface area contributed by atoms with Crippen LogP contribution in [0.1, 0.15) is 48.2 Å². The lowest BCUT2D eigenvalue weighted by Crippen LogP contribution is -2.21. The van der Waals surface area contributed by atoms with Gasteiger partial charge >= 0.3 is 0 Å². The highest BCUT2D eigenvalue weighted by Gasteiger charge is 2.27. The number of nitrogens with zero attached hydrogens (tertiary/aromatic N) is 4. The van der Waals surface area contributed by atoms with Gasteiger partial charge in [-0.05, 0) is 43.7 Å². The van der Waals surface area contributed by atoms with Gasteiger partial charge in [-0.1, -0.05) is 12.1 Å². The molecule has 2 aromatic heterocycles. The van der Waals surface area contributed by atoms with Crippen LogP contribution in [0, 0.1) is 19.7 Å². The minimum atomic E-state index is -0.883. The molecule has 0 spiro atoms. The second kappa shape index (κ2) is 9.21. The average molecular weight is 489 g/mol.